The molecule has 0 aromatic heterocycles. The Morgan fingerprint density at radius 2 is 1.50 bits per heavy atom. The Balaban J connectivity index is 5.68. The van der Waals surface area contributed by atoms with E-state index in [1.54, 1.807) is 6.08 Å². The van der Waals surface area contributed by atoms with E-state index >= 15 is 0 Å². The van der Waals surface area contributed by atoms with Crippen molar-refractivity contribution < 1.29 is 0 Å². The maximum Gasteiger partial charge on any atom is 0.0287 e. The Morgan fingerprint density at radius 3 is 2.00 bits per heavy atom. The normalized spacial score (nSPS) is 15.9. The summed E-state index contributed by atoms with van der Waals surface area (Å²) < 4.78 is 0. The van der Waals surface area contributed by atoms with Gasteiger partial charge in [-0.05, 0) is 45.4 Å². The number of nitrogens with one attached hydrogen (secondary N) is 1. The minimum Gasteiger partial charge on any atom is -0.265 e. The molecule has 0 saturated heterocycles. The fraction of sp³-hybridized carbons (Fsp3) is 0.143. The smallest absolute Gasteiger partial charge is 0.0287 e. The van der Waals surface area contributed by atoms with Gasteiger partial charge in [0.15, 0.2) is 0 Å². The van der Waals surface area contributed by atoms with Gasteiger partial charge >= 0.3 is 0 Å². The lowest BCUT2D eigenvalue weighted by Gasteiger charge is -2.22. The summed E-state index contributed by atoms with van der Waals surface area (Å²) in [6, 6.07) is 0. The van der Waals surface area contributed by atoms with Gasteiger partial charge in [0.25, 0.3) is 0 Å². The van der Waals surface area contributed by atoms with E-state index in [9.17, 15) is 0 Å². The van der Waals surface area contributed by atoms with Gasteiger partial charge in [0.05, 0.1) is 0 Å². The van der Waals surface area contributed by atoms with E-state index in [-0.39, 0.29) is 0 Å². The fourth-order valence-electron chi connectivity index (χ4n) is 1.81. The Morgan fingerprint density at radius 1 is 0.833 bits per heavy atom. The lowest BCUT2D eigenvalue weighted by molar-refractivity contribution is 1.57. The fourth-order valence-corrected chi connectivity index (χ4v) is 5.60. The Kier molecular flexibility index (Phi) is 14.1. The van der Waals surface area contributed by atoms with Gasteiger partial charge in [0.1, 0.15) is 0 Å². The highest BCUT2D eigenvalue weighted by Gasteiger charge is 2.14. The molecule has 1 N–H and O–H groups in total. The molecule has 3 heteroatoms. The summed E-state index contributed by atoms with van der Waals surface area (Å²) in [5.74, 6) is 0. The maximum atomic E-state index is 3.85. The first-order valence-corrected chi connectivity index (χ1v) is 10.2. The molecule has 0 saturated carbocycles. The molecule has 2 unspecified atom stereocenters. The van der Waals surface area contributed by atoms with Crippen LogP contribution in [0.5, 0.6) is 0 Å². The van der Waals surface area contributed by atoms with E-state index < -0.39 is 8.07 Å². The van der Waals surface area contributed by atoms with Gasteiger partial charge in [-0.3, -0.25) is 4.86 Å². The number of hydrogen-bond acceptors (Lipinski definition) is 1. The summed E-state index contributed by atoms with van der Waals surface area (Å²) in [5, 5.41) is 3.71. The van der Waals surface area contributed by atoms with E-state index in [1.807, 2.05) is 44.2 Å². The van der Waals surface area contributed by atoms with Gasteiger partial charge in [-0.1, -0.05) is 92.6 Å². The lowest BCUT2D eigenvalue weighted by atomic mass is 10.4. The predicted octanol–water partition coefficient (Wildman–Crippen LogP) is 7.50. The SMILES string of the molecule is C=C/C=C\C(=C/C)P(NPC(/C=C\C)=C/C=C)C(/C=C\C)=C/C=C. The highest BCUT2D eigenvalue weighted by Crippen LogP contribution is 2.53. The molecule has 128 valence electrons. The van der Waals surface area contributed by atoms with Crippen molar-refractivity contribution in [3.05, 3.63) is 109 Å². The second-order valence-electron chi connectivity index (χ2n) is 4.57. The molecule has 0 spiro atoms. The van der Waals surface area contributed by atoms with Crippen LogP contribution in [-0.4, -0.2) is 0 Å². The first-order chi connectivity index (χ1) is 11.7. The van der Waals surface area contributed by atoms with Crippen molar-refractivity contribution >= 4 is 16.8 Å². The zero-order chi connectivity index (χ0) is 18.2. The Bertz CT molecular complexity index is 587. The molecule has 0 amide bonds. The maximum absolute atomic E-state index is 3.85. The monoisotopic (exact) mass is 357 g/mol. The van der Waals surface area contributed by atoms with Gasteiger partial charge in [-0.2, -0.15) is 0 Å². The molecule has 0 aromatic carbocycles. The van der Waals surface area contributed by atoms with Crippen LogP contribution in [0.2, 0.25) is 0 Å². The van der Waals surface area contributed by atoms with E-state index in [1.165, 1.54) is 15.9 Å². The highest BCUT2D eigenvalue weighted by molar-refractivity contribution is 7.72. The van der Waals surface area contributed by atoms with Crippen LogP contribution in [0.1, 0.15) is 20.8 Å². The zero-order valence-electron chi connectivity index (χ0n) is 15.0. The van der Waals surface area contributed by atoms with Gasteiger partial charge in [-0.25, -0.2) is 0 Å². The number of allylic oxidation sites excluding steroid dienone is 15. The van der Waals surface area contributed by atoms with Gasteiger partial charge in [-0.15, -0.1) is 0 Å². The molecular weight excluding hydrogens is 328 g/mol. The van der Waals surface area contributed by atoms with Crippen LogP contribution in [-0.2, 0) is 0 Å². The molecule has 0 fully saturated rings. The molecule has 0 radical (unpaired) electrons. The van der Waals surface area contributed by atoms with Crippen molar-refractivity contribution in [3.63, 3.8) is 0 Å². The van der Waals surface area contributed by atoms with Gasteiger partial charge in [0, 0.05) is 8.07 Å². The number of rotatable bonds is 11. The third-order valence-corrected chi connectivity index (χ3v) is 6.50. The molecule has 2 atom stereocenters. The van der Waals surface area contributed by atoms with Crippen LogP contribution < -0.4 is 4.86 Å². The molecule has 0 rings (SSSR count). The van der Waals surface area contributed by atoms with Crippen molar-refractivity contribution in [2.24, 2.45) is 0 Å². The first-order valence-electron chi connectivity index (χ1n) is 7.86. The van der Waals surface area contributed by atoms with E-state index in [4.69, 9.17) is 0 Å². The Hall–Kier alpha value is -1.52. The average molecular weight is 357 g/mol. The van der Waals surface area contributed by atoms with Gasteiger partial charge in [0.2, 0.25) is 0 Å². The summed E-state index contributed by atoms with van der Waals surface area (Å²) in [6.45, 7) is 17.5. The van der Waals surface area contributed by atoms with Gasteiger partial charge < -0.3 is 0 Å². The van der Waals surface area contributed by atoms with Crippen molar-refractivity contribution in [2.45, 2.75) is 20.8 Å². The van der Waals surface area contributed by atoms with Crippen molar-refractivity contribution in [1.29, 1.82) is 0 Å². The lowest BCUT2D eigenvalue weighted by Crippen LogP contribution is -1.98. The van der Waals surface area contributed by atoms with Crippen molar-refractivity contribution in [1.82, 2.24) is 4.86 Å². The van der Waals surface area contributed by atoms with Crippen LogP contribution in [0.4, 0.5) is 0 Å². The molecular formula is C21H29NP2. The Labute approximate surface area is 151 Å². The van der Waals surface area contributed by atoms with Crippen LogP contribution in [0, 0.1) is 0 Å². The van der Waals surface area contributed by atoms with E-state index in [0.717, 1.165) is 0 Å². The van der Waals surface area contributed by atoms with Crippen LogP contribution >= 0.6 is 16.8 Å². The minimum atomic E-state index is -0.682. The largest absolute Gasteiger partial charge is 0.265 e. The quantitative estimate of drug-likeness (QED) is 0.298. The van der Waals surface area contributed by atoms with Crippen LogP contribution in [0.15, 0.2) is 109 Å². The average Bonchev–Trinajstić information content (AvgIpc) is 2.58. The topological polar surface area (TPSA) is 12.0 Å². The van der Waals surface area contributed by atoms with E-state index in [2.05, 4.69) is 68.0 Å². The van der Waals surface area contributed by atoms with E-state index in [0.29, 0.717) is 8.73 Å². The second kappa shape index (κ2) is 15.0. The predicted molar refractivity (Wildman–Crippen MR) is 118 cm³/mol. The highest BCUT2D eigenvalue weighted by atomic mass is 31.2. The zero-order valence-corrected chi connectivity index (χ0v) is 16.9. The molecule has 0 aromatic rings. The first kappa shape index (κ1) is 22.5. The standard InChI is InChI=1S/C21H29NP2/c1-7-13-18-20(12-6)24(21(16-10-4)17-11-5)22-23-19(14-8-2)15-9-3/h7-18,22-23H,1-2,4H2,3,5-6H3/b15-9-,17-11-,18-13-,19-14+,20-12+,21-16+. The van der Waals surface area contributed by atoms with Crippen molar-refractivity contribution in [3.8, 4) is 0 Å². The van der Waals surface area contributed by atoms with Crippen molar-refractivity contribution in [2.75, 3.05) is 0 Å². The summed E-state index contributed by atoms with van der Waals surface area (Å²) in [5.41, 5.74) is 0. The summed E-state index contributed by atoms with van der Waals surface area (Å²) in [6.07, 6.45) is 24.2. The summed E-state index contributed by atoms with van der Waals surface area (Å²) >= 11 is 0. The third kappa shape index (κ3) is 8.94. The molecule has 0 aliphatic carbocycles. The molecule has 0 heterocycles. The van der Waals surface area contributed by atoms with Crippen LogP contribution in [0.25, 0.3) is 0 Å². The molecule has 0 aliphatic rings. The third-order valence-electron chi connectivity index (χ3n) is 2.80. The van der Waals surface area contributed by atoms with Crippen LogP contribution in [0.3, 0.4) is 0 Å². The second-order valence-corrected chi connectivity index (χ2v) is 7.99. The molecule has 0 aliphatic heterocycles. The molecule has 0 bridgehead atoms. The minimum absolute atomic E-state index is 0.492. The molecule has 24 heavy (non-hydrogen) atoms. The molecule has 1 nitrogen and oxygen atoms in total. The summed E-state index contributed by atoms with van der Waals surface area (Å²) in [4.78, 5) is 3.72. The summed E-state index contributed by atoms with van der Waals surface area (Å²) in [7, 11) is -0.190. The number of hydrogen-bond donors (Lipinski definition) is 1.